The highest BCUT2D eigenvalue weighted by molar-refractivity contribution is 5.75. The number of rotatable bonds is 2. The van der Waals surface area contributed by atoms with Crippen LogP contribution >= 0.6 is 0 Å². The van der Waals surface area contributed by atoms with Gasteiger partial charge < -0.3 is 4.74 Å². The Morgan fingerprint density at radius 3 is 2.30 bits per heavy atom. The summed E-state index contributed by atoms with van der Waals surface area (Å²) >= 11 is 0. The molecule has 2 rings (SSSR count). The molecule has 20 heavy (non-hydrogen) atoms. The predicted octanol–water partition coefficient (Wildman–Crippen LogP) is 4.53. The number of nitrogens with zero attached hydrogens (tertiary/aromatic N) is 1. The van der Waals surface area contributed by atoms with Gasteiger partial charge in [0, 0.05) is 0 Å². The summed E-state index contributed by atoms with van der Waals surface area (Å²) in [5.41, 5.74) is 3.92. The molecule has 0 aliphatic carbocycles. The maximum atomic E-state index is 9.32. The van der Waals surface area contributed by atoms with Gasteiger partial charge in [0.15, 0.2) is 0 Å². The van der Waals surface area contributed by atoms with E-state index in [1.165, 1.54) is 5.56 Å². The number of benzene rings is 2. The van der Waals surface area contributed by atoms with Crippen LogP contribution < -0.4 is 4.74 Å². The summed E-state index contributed by atoms with van der Waals surface area (Å²) in [4.78, 5) is 0. The normalized spacial score (nSPS) is 10.9. The van der Waals surface area contributed by atoms with E-state index >= 15 is 0 Å². The van der Waals surface area contributed by atoms with E-state index in [1.54, 1.807) is 7.11 Å². The molecule has 0 aliphatic rings. The molecule has 0 spiro atoms. The van der Waals surface area contributed by atoms with Gasteiger partial charge in [0.05, 0.1) is 18.7 Å². The van der Waals surface area contributed by atoms with Crippen molar-refractivity contribution in [2.75, 3.05) is 7.11 Å². The van der Waals surface area contributed by atoms with Gasteiger partial charge in [0.25, 0.3) is 0 Å². The van der Waals surface area contributed by atoms with Crippen molar-refractivity contribution < 1.29 is 4.74 Å². The first-order valence-corrected chi connectivity index (χ1v) is 6.65. The van der Waals surface area contributed by atoms with Gasteiger partial charge in [0.2, 0.25) is 0 Å². The Balaban J connectivity index is 2.74. The van der Waals surface area contributed by atoms with E-state index in [0.717, 1.165) is 16.9 Å². The largest absolute Gasteiger partial charge is 0.497 e. The topological polar surface area (TPSA) is 33.0 Å². The van der Waals surface area contributed by atoms with Crippen LogP contribution in [0, 0.1) is 11.3 Å². The molecule has 0 saturated carbocycles. The second-order valence-electron chi connectivity index (χ2n) is 5.82. The quantitative estimate of drug-likeness (QED) is 0.799. The molecule has 0 atom stereocenters. The zero-order valence-corrected chi connectivity index (χ0v) is 12.4. The molecule has 2 aromatic carbocycles. The minimum absolute atomic E-state index is 0.00414. The van der Waals surface area contributed by atoms with Crippen LogP contribution in [-0.4, -0.2) is 7.11 Å². The van der Waals surface area contributed by atoms with Crippen LogP contribution in [0.5, 0.6) is 5.75 Å². The Morgan fingerprint density at radius 1 is 1.00 bits per heavy atom. The Labute approximate surface area is 120 Å². The first kappa shape index (κ1) is 14.1. The van der Waals surface area contributed by atoms with Gasteiger partial charge in [-0.1, -0.05) is 45.0 Å². The summed E-state index contributed by atoms with van der Waals surface area (Å²) in [7, 11) is 1.66. The fourth-order valence-corrected chi connectivity index (χ4v) is 2.34. The second kappa shape index (κ2) is 5.38. The minimum atomic E-state index is 0.00414. The number of ether oxygens (including phenoxy) is 1. The van der Waals surface area contributed by atoms with Crippen LogP contribution in [-0.2, 0) is 5.41 Å². The van der Waals surface area contributed by atoms with Crippen molar-refractivity contribution >= 4 is 0 Å². The van der Waals surface area contributed by atoms with Crippen molar-refractivity contribution in [2.24, 2.45) is 0 Å². The standard InChI is InChI=1S/C18H19NO/c1-18(2,3)17-10-9-14(20-4)11-16(17)15-8-6-5-7-13(15)12-19/h5-11H,1-4H3. The van der Waals surface area contributed by atoms with Crippen LogP contribution in [0.15, 0.2) is 42.5 Å². The van der Waals surface area contributed by atoms with Gasteiger partial charge in [0.1, 0.15) is 5.75 Å². The third-order valence-electron chi connectivity index (χ3n) is 3.37. The molecule has 0 aromatic heterocycles. The van der Waals surface area contributed by atoms with E-state index in [4.69, 9.17) is 4.74 Å². The van der Waals surface area contributed by atoms with Crippen molar-refractivity contribution in [3.63, 3.8) is 0 Å². The molecule has 0 N–H and O–H groups in total. The first-order valence-electron chi connectivity index (χ1n) is 6.65. The molecule has 0 amide bonds. The third kappa shape index (κ3) is 2.67. The van der Waals surface area contributed by atoms with E-state index < -0.39 is 0 Å². The highest BCUT2D eigenvalue weighted by atomic mass is 16.5. The van der Waals surface area contributed by atoms with Crippen LogP contribution in [0.25, 0.3) is 11.1 Å². The lowest BCUT2D eigenvalue weighted by Gasteiger charge is -2.24. The SMILES string of the molecule is COc1ccc(C(C)(C)C)c(-c2ccccc2C#N)c1. The summed E-state index contributed by atoms with van der Waals surface area (Å²) in [6, 6.07) is 16.0. The van der Waals surface area contributed by atoms with Crippen LogP contribution in [0.1, 0.15) is 31.9 Å². The number of hydrogen-bond acceptors (Lipinski definition) is 2. The maximum absolute atomic E-state index is 9.32. The summed E-state index contributed by atoms with van der Waals surface area (Å²) in [5, 5.41) is 9.32. The van der Waals surface area contributed by atoms with Crippen molar-refractivity contribution in [3.8, 4) is 22.9 Å². The summed E-state index contributed by atoms with van der Waals surface area (Å²) < 4.78 is 5.33. The van der Waals surface area contributed by atoms with E-state index in [0.29, 0.717) is 5.56 Å². The number of methoxy groups -OCH3 is 1. The molecular formula is C18H19NO. The van der Waals surface area contributed by atoms with Gasteiger partial charge in [-0.25, -0.2) is 0 Å². The summed E-state index contributed by atoms with van der Waals surface area (Å²) in [6.07, 6.45) is 0. The third-order valence-corrected chi connectivity index (χ3v) is 3.37. The molecule has 2 nitrogen and oxygen atoms in total. The Morgan fingerprint density at radius 2 is 1.70 bits per heavy atom. The smallest absolute Gasteiger partial charge is 0.119 e. The fraction of sp³-hybridized carbons (Fsp3) is 0.278. The zero-order valence-electron chi connectivity index (χ0n) is 12.4. The van der Waals surface area contributed by atoms with Gasteiger partial charge in [-0.05, 0) is 40.3 Å². The Kier molecular flexibility index (Phi) is 3.81. The Bertz CT molecular complexity index is 660. The van der Waals surface area contributed by atoms with E-state index in [9.17, 15) is 5.26 Å². The Hall–Kier alpha value is -2.27. The monoisotopic (exact) mass is 265 g/mol. The molecule has 0 aliphatic heterocycles. The van der Waals surface area contributed by atoms with Gasteiger partial charge in [-0.3, -0.25) is 0 Å². The molecule has 2 aromatic rings. The molecular weight excluding hydrogens is 246 g/mol. The molecule has 0 heterocycles. The average Bonchev–Trinajstić information content (AvgIpc) is 2.45. The highest BCUT2D eigenvalue weighted by Gasteiger charge is 2.20. The maximum Gasteiger partial charge on any atom is 0.119 e. The highest BCUT2D eigenvalue weighted by Crippen LogP contribution is 2.36. The summed E-state index contributed by atoms with van der Waals surface area (Å²) in [5.74, 6) is 0.806. The van der Waals surface area contributed by atoms with Crippen LogP contribution in [0.4, 0.5) is 0 Å². The van der Waals surface area contributed by atoms with Crippen molar-refractivity contribution in [3.05, 3.63) is 53.6 Å². The van der Waals surface area contributed by atoms with Gasteiger partial charge in [-0.2, -0.15) is 5.26 Å². The molecule has 0 bridgehead atoms. The van der Waals surface area contributed by atoms with Crippen molar-refractivity contribution in [1.29, 1.82) is 5.26 Å². The fourth-order valence-electron chi connectivity index (χ4n) is 2.34. The lowest BCUT2D eigenvalue weighted by Crippen LogP contribution is -2.13. The zero-order chi connectivity index (χ0) is 14.8. The summed E-state index contributed by atoms with van der Waals surface area (Å²) in [6.45, 7) is 6.52. The predicted molar refractivity (Wildman–Crippen MR) is 81.8 cm³/mol. The van der Waals surface area contributed by atoms with E-state index in [-0.39, 0.29) is 5.41 Å². The average molecular weight is 265 g/mol. The van der Waals surface area contributed by atoms with E-state index in [1.807, 2.05) is 36.4 Å². The lowest BCUT2D eigenvalue weighted by molar-refractivity contribution is 0.414. The first-order chi connectivity index (χ1) is 9.47. The molecule has 2 heteroatoms. The van der Waals surface area contributed by atoms with Crippen molar-refractivity contribution in [2.45, 2.75) is 26.2 Å². The van der Waals surface area contributed by atoms with Gasteiger partial charge >= 0.3 is 0 Å². The lowest BCUT2D eigenvalue weighted by atomic mass is 9.81. The molecule has 0 unspecified atom stereocenters. The number of nitriles is 1. The van der Waals surface area contributed by atoms with Gasteiger partial charge in [-0.15, -0.1) is 0 Å². The van der Waals surface area contributed by atoms with Crippen molar-refractivity contribution in [1.82, 2.24) is 0 Å². The second-order valence-corrected chi connectivity index (χ2v) is 5.82. The number of hydrogen-bond donors (Lipinski definition) is 0. The molecule has 102 valence electrons. The van der Waals surface area contributed by atoms with Crippen LogP contribution in [0.3, 0.4) is 0 Å². The van der Waals surface area contributed by atoms with Crippen LogP contribution in [0.2, 0.25) is 0 Å². The molecule has 0 saturated heterocycles. The molecule has 0 radical (unpaired) electrons. The minimum Gasteiger partial charge on any atom is -0.497 e. The van der Waals surface area contributed by atoms with E-state index in [2.05, 4.69) is 32.9 Å². The molecule has 0 fully saturated rings.